The lowest BCUT2D eigenvalue weighted by Gasteiger charge is -2.11. The summed E-state index contributed by atoms with van der Waals surface area (Å²) in [7, 11) is 0. The SMILES string of the molecule is Cc1cc(F)ccc1Oc1nc(C)c(C)cc1Br. The van der Waals surface area contributed by atoms with Crippen molar-refractivity contribution in [1.29, 1.82) is 0 Å². The van der Waals surface area contributed by atoms with E-state index in [1.807, 2.05) is 19.9 Å². The Kier molecular flexibility index (Phi) is 3.66. The van der Waals surface area contributed by atoms with Crippen LogP contribution in [-0.4, -0.2) is 4.98 Å². The summed E-state index contributed by atoms with van der Waals surface area (Å²) in [5.41, 5.74) is 2.74. The molecular formula is C14H13BrFNO. The maximum atomic E-state index is 13.0. The van der Waals surface area contributed by atoms with E-state index in [0.717, 1.165) is 21.3 Å². The molecule has 0 amide bonds. The van der Waals surface area contributed by atoms with Crippen molar-refractivity contribution in [2.24, 2.45) is 0 Å². The van der Waals surface area contributed by atoms with E-state index in [1.54, 1.807) is 13.0 Å². The summed E-state index contributed by atoms with van der Waals surface area (Å²) >= 11 is 3.42. The molecule has 2 nitrogen and oxygen atoms in total. The van der Waals surface area contributed by atoms with Gasteiger partial charge < -0.3 is 4.74 Å². The van der Waals surface area contributed by atoms with Crippen molar-refractivity contribution in [2.75, 3.05) is 0 Å². The second kappa shape index (κ2) is 5.06. The van der Waals surface area contributed by atoms with Crippen LogP contribution in [0.4, 0.5) is 4.39 Å². The Bertz CT molecular complexity index is 599. The van der Waals surface area contributed by atoms with Gasteiger partial charge in [-0.05, 0) is 72.1 Å². The van der Waals surface area contributed by atoms with Gasteiger partial charge in [-0.2, -0.15) is 0 Å². The molecule has 0 bridgehead atoms. The zero-order chi connectivity index (χ0) is 13.3. The van der Waals surface area contributed by atoms with E-state index in [0.29, 0.717) is 11.6 Å². The molecule has 18 heavy (non-hydrogen) atoms. The number of nitrogens with zero attached hydrogens (tertiary/aromatic N) is 1. The first kappa shape index (κ1) is 13.0. The molecule has 0 spiro atoms. The third-order valence-corrected chi connectivity index (χ3v) is 3.30. The van der Waals surface area contributed by atoms with Gasteiger partial charge >= 0.3 is 0 Å². The summed E-state index contributed by atoms with van der Waals surface area (Å²) in [4.78, 5) is 4.37. The topological polar surface area (TPSA) is 22.1 Å². The highest BCUT2D eigenvalue weighted by Gasteiger charge is 2.09. The molecule has 0 aliphatic heterocycles. The summed E-state index contributed by atoms with van der Waals surface area (Å²) < 4.78 is 19.5. The Morgan fingerprint density at radius 2 is 1.83 bits per heavy atom. The van der Waals surface area contributed by atoms with Crippen molar-refractivity contribution in [3.05, 3.63) is 51.4 Å². The first-order valence-electron chi connectivity index (χ1n) is 5.55. The molecule has 2 aromatic rings. The van der Waals surface area contributed by atoms with Crippen LogP contribution >= 0.6 is 15.9 Å². The van der Waals surface area contributed by atoms with E-state index in [4.69, 9.17) is 4.74 Å². The highest BCUT2D eigenvalue weighted by molar-refractivity contribution is 9.10. The lowest BCUT2D eigenvalue weighted by Crippen LogP contribution is -1.95. The first-order chi connectivity index (χ1) is 8.47. The molecule has 0 N–H and O–H groups in total. The number of aromatic nitrogens is 1. The van der Waals surface area contributed by atoms with Gasteiger partial charge in [0.1, 0.15) is 11.6 Å². The lowest BCUT2D eigenvalue weighted by molar-refractivity contribution is 0.453. The molecule has 0 atom stereocenters. The number of halogens is 2. The minimum absolute atomic E-state index is 0.271. The van der Waals surface area contributed by atoms with Crippen LogP contribution in [0.2, 0.25) is 0 Å². The number of aryl methyl sites for hydroxylation is 3. The summed E-state index contributed by atoms with van der Waals surface area (Å²) in [6.45, 7) is 5.71. The van der Waals surface area contributed by atoms with Crippen molar-refractivity contribution in [3.8, 4) is 11.6 Å². The number of hydrogen-bond donors (Lipinski definition) is 0. The Balaban J connectivity index is 2.37. The maximum Gasteiger partial charge on any atom is 0.233 e. The molecule has 0 saturated carbocycles. The summed E-state index contributed by atoms with van der Waals surface area (Å²) in [5.74, 6) is 0.827. The van der Waals surface area contributed by atoms with Crippen LogP contribution in [0.3, 0.4) is 0 Å². The summed E-state index contributed by atoms with van der Waals surface area (Å²) in [6, 6.07) is 6.37. The third-order valence-electron chi connectivity index (χ3n) is 2.73. The van der Waals surface area contributed by atoms with Crippen LogP contribution < -0.4 is 4.74 Å². The number of benzene rings is 1. The summed E-state index contributed by atoms with van der Waals surface area (Å²) in [5, 5.41) is 0. The fraction of sp³-hybridized carbons (Fsp3) is 0.214. The number of rotatable bonds is 2. The van der Waals surface area contributed by atoms with Crippen molar-refractivity contribution in [3.63, 3.8) is 0 Å². The minimum atomic E-state index is -0.271. The van der Waals surface area contributed by atoms with Gasteiger partial charge in [-0.1, -0.05) is 0 Å². The quantitative estimate of drug-likeness (QED) is 0.802. The predicted molar refractivity (Wildman–Crippen MR) is 72.6 cm³/mol. The standard InChI is InChI=1S/C14H13BrFNO/c1-8-7-12(15)14(17-10(8)3)18-13-5-4-11(16)6-9(13)2/h4-7H,1-3H3. The average molecular weight is 310 g/mol. The van der Waals surface area contributed by atoms with Crippen LogP contribution in [-0.2, 0) is 0 Å². The fourth-order valence-electron chi connectivity index (χ4n) is 1.55. The molecular weight excluding hydrogens is 297 g/mol. The van der Waals surface area contributed by atoms with Crippen LogP contribution in [0.25, 0.3) is 0 Å². The fourth-order valence-corrected chi connectivity index (χ4v) is 2.07. The van der Waals surface area contributed by atoms with E-state index in [9.17, 15) is 4.39 Å². The lowest BCUT2D eigenvalue weighted by atomic mass is 10.2. The number of ether oxygens (including phenoxy) is 1. The van der Waals surface area contributed by atoms with Crippen molar-refractivity contribution in [2.45, 2.75) is 20.8 Å². The Hall–Kier alpha value is -1.42. The van der Waals surface area contributed by atoms with Gasteiger partial charge in [0.2, 0.25) is 5.88 Å². The van der Waals surface area contributed by atoms with Gasteiger partial charge in [0.15, 0.2) is 0 Å². The Morgan fingerprint density at radius 1 is 1.11 bits per heavy atom. The third kappa shape index (κ3) is 2.70. The second-order valence-corrected chi connectivity index (χ2v) is 5.04. The van der Waals surface area contributed by atoms with Gasteiger partial charge in [0.25, 0.3) is 0 Å². The van der Waals surface area contributed by atoms with Gasteiger partial charge in [0, 0.05) is 5.69 Å². The zero-order valence-corrected chi connectivity index (χ0v) is 12.0. The molecule has 0 aliphatic carbocycles. The second-order valence-electron chi connectivity index (χ2n) is 4.19. The maximum absolute atomic E-state index is 13.0. The highest BCUT2D eigenvalue weighted by atomic mass is 79.9. The number of pyridine rings is 1. The zero-order valence-electron chi connectivity index (χ0n) is 10.4. The minimum Gasteiger partial charge on any atom is -0.438 e. The van der Waals surface area contributed by atoms with Gasteiger partial charge in [-0.15, -0.1) is 0 Å². The molecule has 2 rings (SSSR count). The van der Waals surface area contributed by atoms with E-state index >= 15 is 0 Å². The monoisotopic (exact) mass is 309 g/mol. The molecule has 1 aromatic heterocycles. The normalized spacial score (nSPS) is 10.5. The molecule has 4 heteroatoms. The predicted octanol–water partition coefficient (Wildman–Crippen LogP) is 4.70. The van der Waals surface area contributed by atoms with Crippen LogP contribution in [0, 0.1) is 26.6 Å². The molecule has 1 aromatic carbocycles. The molecule has 0 fully saturated rings. The summed E-state index contributed by atoms with van der Waals surface area (Å²) in [6.07, 6.45) is 0. The Morgan fingerprint density at radius 3 is 2.50 bits per heavy atom. The van der Waals surface area contributed by atoms with Gasteiger partial charge in [-0.3, -0.25) is 0 Å². The molecule has 0 aliphatic rings. The largest absolute Gasteiger partial charge is 0.438 e. The van der Waals surface area contributed by atoms with E-state index < -0.39 is 0 Å². The Labute approximate surface area is 114 Å². The van der Waals surface area contributed by atoms with Crippen LogP contribution in [0.5, 0.6) is 11.6 Å². The molecule has 94 valence electrons. The van der Waals surface area contributed by atoms with E-state index in [1.165, 1.54) is 12.1 Å². The van der Waals surface area contributed by atoms with E-state index in [2.05, 4.69) is 20.9 Å². The van der Waals surface area contributed by atoms with Gasteiger partial charge in [0.05, 0.1) is 4.47 Å². The molecule has 0 unspecified atom stereocenters. The first-order valence-corrected chi connectivity index (χ1v) is 6.34. The molecule has 0 saturated heterocycles. The van der Waals surface area contributed by atoms with E-state index in [-0.39, 0.29) is 5.82 Å². The van der Waals surface area contributed by atoms with Crippen molar-refractivity contribution < 1.29 is 9.13 Å². The molecule has 0 radical (unpaired) electrons. The smallest absolute Gasteiger partial charge is 0.233 e. The highest BCUT2D eigenvalue weighted by Crippen LogP contribution is 2.31. The number of hydrogen-bond acceptors (Lipinski definition) is 2. The van der Waals surface area contributed by atoms with Crippen molar-refractivity contribution >= 4 is 15.9 Å². The van der Waals surface area contributed by atoms with Gasteiger partial charge in [-0.25, -0.2) is 9.37 Å². The molecule has 1 heterocycles. The van der Waals surface area contributed by atoms with Crippen LogP contribution in [0.1, 0.15) is 16.8 Å². The van der Waals surface area contributed by atoms with Crippen LogP contribution in [0.15, 0.2) is 28.7 Å². The van der Waals surface area contributed by atoms with Crippen molar-refractivity contribution in [1.82, 2.24) is 4.98 Å². The average Bonchev–Trinajstić information content (AvgIpc) is 2.29.